The van der Waals surface area contributed by atoms with Crippen LogP contribution in [-0.4, -0.2) is 25.3 Å². The Bertz CT molecular complexity index is 703. The summed E-state index contributed by atoms with van der Waals surface area (Å²) < 4.78 is 99.4. The average molecular weight is 338 g/mol. The molecule has 1 aromatic rings. The third-order valence-electron chi connectivity index (χ3n) is 2.09. The van der Waals surface area contributed by atoms with E-state index in [2.05, 4.69) is 0 Å². The van der Waals surface area contributed by atoms with Crippen LogP contribution in [0.25, 0.3) is 0 Å². The number of halogens is 3. The maximum atomic E-state index is 13.1. The molecule has 0 N–H and O–H groups in total. The van der Waals surface area contributed by atoms with E-state index in [1.165, 1.54) is 0 Å². The Kier molecular flexibility index (Phi) is 3.73. The first-order valence-corrected chi connectivity index (χ1v) is 8.39. The molecule has 6 nitrogen and oxygen atoms in total. The van der Waals surface area contributed by atoms with E-state index in [4.69, 9.17) is 0 Å². The van der Waals surface area contributed by atoms with E-state index in [0.717, 1.165) is 18.2 Å². The molecule has 12 heteroatoms. The van der Waals surface area contributed by atoms with E-state index in [0.29, 0.717) is 12.1 Å². The van der Waals surface area contributed by atoms with Crippen LogP contribution in [-0.2, 0) is 34.1 Å². The van der Waals surface area contributed by atoms with Crippen molar-refractivity contribution < 1.29 is 36.9 Å². The standard InChI is InChI=1S/C7H5F3O6S3/c8-17(11,12)7(18(9,13)14,19(10,15)16)6-4-2-1-3-5-6/h1-5H. The molecule has 0 amide bonds. The van der Waals surface area contributed by atoms with E-state index in [9.17, 15) is 36.9 Å². The minimum Gasteiger partial charge on any atom is -0.191 e. The maximum absolute atomic E-state index is 13.1. The molecule has 1 rings (SSSR count). The summed E-state index contributed by atoms with van der Waals surface area (Å²) in [4.78, 5) is 0. The highest BCUT2D eigenvalue weighted by molar-refractivity contribution is 8.20. The Labute approximate surface area is 107 Å². The van der Waals surface area contributed by atoms with Crippen molar-refractivity contribution in [3.8, 4) is 0 Å². The molecule has 0 aromatic heterocycles. The van der Waals surface area contributed by atoms with E-state index in [-0.39, 0.29) is 0 Å². The lowest BCUT2D eigenvalue weighted by Gasteiger charge is -2.20. The molecular weight excluding hydrogens is 333 g/mol. The molecule has 19 heavy (non-hydrogen) atoms. The van der Waals surface area contributed by atoms with Gasteiger partial charge in [-0.2, -0.15) is 25.3 Å². The van der Waals surface area contributed by atoms with Gasteiger partial charge >= 0.3 is 34.1 Å². The first-order chi connectivity index (χ1) is 8.36. The summed E-state index contributed by atoms with van der Waals surface area (Å²) in [5.41, 5.74) is -1.43. The van der Waals surface area contributed by atoms with Crippen molar-refractivity contribution in [1.82, 2.24) is 0 Å². The molecular formula is C7H5F3O6S3. The van der Waals surface area contributed by atoms with Crippen LogP contribution in [0, 0.1) is 0 Å². The molecule has 0 spiro atoms. The van der Waals surface area contributed by atoms with Crippen LogP contribution in [0.2, 0.25) is 0 Å². The molecule has 1 aromatic carbocycles. The van der Waals surface area contributed by atoms with Crippen molar-refractivity contribution in [3.63, 3.8) is 0 Å². The van der Waals surface area contributed by atoms with Gasteiger partial charge in [0.1, 0.15) is 0 Å². The SMILES string of the molecule is O=S(=O)(F)C(c1ccccc1)(S(=O)(=O)F)S(=O)(=O)F. The van der Waals surface area contributed by atoms with Gasteiger partial charge in [-0.1, -0.05) is 30.3 Å². The highest BCUT2D eigenvalue weighted by Crippen LogP contribution is 2.44. The topological polar surface area (TPSA) is 102 Å². The number of hydrogen-bond acceptors (Lipinski definition) is 6. The van der Waals surface area contributed by atoms with Gasteiger partial charge in [-0.05, 0) is 0 Å². The van der Waals surface area contributed by atoms with Crippen molar-refractivity contribution in [2.24, 2.45) is 0 Å². The third-order valence-corrected chi connectivity index (χ3v) is 8.31. The van der Waals surface area contributed by atoms with Crippen molar-refractivity contribution in [1.29, 1.82) is 0 Å². The van der Waals surface area contributed by atoms with E-state index in [1.54, 1.807) is 0 Å². The van der Waals surface area contributed by atoms with Crippen LogP contribution >= 0.6 is 0 Å². The summed E-state index contributed by atoms with van der Waals surface area (Å²) in [5, 5.41) is 0. The largest absolute Gasteiger partial charge is 0.383 e. The molecule has 0 saturated heterocycles. The van der Waals surface area contributed by atoms with Crippen molar-refractivity contribution in [2.45, 2.75) is 3.41 Å². The molecule has 0 aliphatic heterocycles. The van der Waals surface area contributed by atoms with Crippen LogP contribution in [0.15, 0.2) is 30.3 Å². The van der Waals surface area contributed by atoms with E-state index >= 15 is 0 Å². The monoisotopic (exact) mass is 338 g/mol. The first-order valence-electron chi connectivity index (χ1n) is 4.24. The van der Waals surface area contributed by atoms with Crippen LogP contribution in [0.1, 0.15) is 5.56 Å². The molecule has 108 valence electrons. The quantitative estimate of drug-likeness (QED) is 0.749. The summed E-state index contributed by atoms with van der Waals surface area (Å²) in [7, 11) is -20.2. The maximum Gasteiger partial charge on any atom is 0.383 e. The van der Waals surface area contributed by atoms with Gasteiger partial charge in [0.05, 0.1) is 0 Å². The zero-order valence-electron chi connectivity index (χ0n) is 8.69. The summed E-state index contributed by atoms with van der Waals surface area (Å²) in [5.74, 6) is 0. The molecule has 0 atom stereocenters. The van der Waals surface area contributed by atoms with Crippen LogP contribution in [0.3, 0.4) is 0 Å². The Morgan fingerprint density at radius 2 is 1.00 bits per heavy atom. The lowest BCUT2D eigenvalue weighted by Crippen LogP contribution is -2.44. The lowest BCUT2D eigenvalue weighted by atomic mass is 10.2. The Balaban J connectivity index is 4.12. The molecule has 0 fully saturated rings. The predicted octanol–water partition coefficient (Wildman–Crippen LogP) is 0.695. The lowest BCUT2D eigenvalue weighted by molar-refractivity contribution is 0.496. The van der Waals surface area contributed by atoms with Gasteiger partial charge in [-0.25, -0.2) is 0 Å². The van der Waals surface area contributed by atoms with E-state index in [1.807, 2.05) is 0 Å². The van der Waals surface area contributed by atoms with Gasteiger partial charge in [0.2, 0.25) is 0 Å². The normalized spacial score (nSPS) is 14.3. The highest BCUT2D eigenvalue weighted by Gasteiger charge is 2.69. The Hall–Kier alpha value is -1.14. The van der Waals surface area contributed by atoms with Gasteiger partial charge < -0.3 is 0 Å². The molecule has 0 aliphatic rings. The van der Waals surface area contributed by atoms with Crippen LogP contribution in [0.4, 0.5) is 11.7 Å². The van der Waals surface area contributed by atoms with E-state index < -0.39 is 39.6 Å². The third kappa shape index (κ3) is 2.34. The van der Waals surface area contributed by atoms with Gasteiger partial charge in [0.15, 0.2) is 0 Å². The van der Waals surface area contributed by atoms with Gasteiger partial charge in [-0.15, -0.1) is 11.7 Å². The molecule has 0 radical (unpaired) electrons. The van der Waals surface area contributed by atoms with Crippen molar-refractivity contribution in [3.05, 3.63) is 35.9 Å². The molecule has 0 aliphatic carbocycles. The van der Waals surface area contributed by atoms with Crippen LogP contribution in [0.5, 0.6) is 0 Å². The van der Waals surface area contributed by atoms with Crippen LogP contribution < -0.4 is 0 Å². The zero-order valence-corrected chi connectivity index (χ0v) is 11.1. The summed E-state index contributed by atoms with van der Waals surface area (Å²) in [6.07, 6.45) is 0. The number of hydrogen-bond donors (Lipinski definition) is 0. The first kappa shape index (κ1) is 15.9. The molecule has 0 unspecified atom stereocenters. The summed E-state index contributed by atoms with van der Waals surface area (Å²) in [6.45, 7) is 0. The number of rotatable bonds is 4. The number of benzene rings is 1. The van der Waals surface area contributed by atoms with Gasteiger partial charge in [0, 0.05) is 5.56 Å². The van der Waals surface area contributed by atoms with Crippen molar-refractivity contribution in [2.75, 3.05) is 0 Å². The van der Waals surface area contributed by atoms with Crippen molar-refractivity contribution >= 4 is 30.7 Å². The fourth-order valence-corrected chi connectivity index (χ4v) is 5.53. The zero-order chi connectivity index (χ0) is 15.1. The molecule has 0 heterocycles. The minimum atomic E-state index is -6.72. The smallest absolute Gasteiger partial charge is 0.191 e. The minimum absolute atomic E-state index is 0.450. The fraction of sp³-hybridized carbons (Fsp3) is 0.143. The second kappa shape index (κ2) is 4.45. The molecule has 0 bridgehead atoms. The fourth-order valence-electron chi connectivity index (χ4n) is 1.42. The Morgan fingerprint density at radius 3 is 1.26 bits per heavy atom. The predicted molar refractivity (Wildman–Crippen MR) is 58.2 cm³/mol. The summed E-state index contributed by atoms with van der Waals surface area (Å²) >= 11 is 0. The summed E-state index contributed by atoms with van der Waals surface area (Å²) in [6, 6.07) is 3.82. The Morgan fingerprint density at radius 1 is 0.684 bits per heavy atom. The second-order valence-corrected chi connectivity index (χ2v) is 8.48. The average Bonchev–Trinajstić information content (AvgIpc) is 2.12. The molecule has 0 saturated carbocycles. The van der Waals surface area contributed by atoms with Gasteiger partial charge in [0.25, 0.3) is 0 Å². The highest BCUT2D eigenvalue weighted by atomic mass is 32.4. The van der Waals surface area contributed by atoms with Gasteiger partial charge in [-0.3, -0.25) is 0 Å². The second-order valence-electron chi connectivity index (χ2n) is 3.24.